The Morgan fingerprint density at radius 3 is 2.67 bits per heavy atom. The fourth-order valence-electron chi connectivity index (χ4n) is 1.89. The first kappa shape index (κ1) is 12.2. The Morgan fingerprint density at radius 2 is 2.13 bits per heavy atom. The molecule has 1 rings (SSSR count). The van der Waals surface area contributed by atoms with E-state index in [2.05, 4.69) is 36.0 Å². The normalized spacial score (nSPS) is 27.3. The van der Waals surface area contributed by atoms with Crippen molar-refractivity contribution >= 4 is 5.91 Å². The van der Waals surface area contributed by atoms with Gasteiger partial charge in [0.15, 0.2) is 0 Å². The van der Waals surface area contributed by atoms with Gasteiger partial charge >= 0.3 is 0 Å². The molecule has 1 fully saturated rings. The SMILES string of the molecule is C=CCNC(=O)CN1[C@H](C)CNC[C@@H]1C. The molecule has 0 aromatic carbocycles. The summed E-state index contributed by atoms with van der Waals surface area (Å²) < 4.78 is 0. The zero-order chi connectivity index (χ0) is 11.3. The van der Waals surface area contributed by atoms with Gasteiger partial charge in [-0.25, -0.2) is 0 Å². The van der Waals surface area contributed by atoms with Crippen LogP contribution in [0.1, 0.15) is 13.8 Å². The van der Waals surface area contributed by atoms with Crippen LogP contribution in [0.25, 0.3) is 0 Å². The van der Waals surface area contributed by atoms with Crippen LogP contribution in [0.15, 0.2) is 12.7 Å². The van der Waals surface area contributed by atoms with E-state index < -0.39 is 0 Å². The molecule has 0 saturated carbocycles. The summed E-state index contributed by atoms with van der Waals surface area (Å²) in [6.07, 6.45) is 1.70. The molecule has 0 aliphatic carbocycles. The molecule has 15 heavy (non-hydrogen) atoms. The van der Waals surface area contributed by atoms with Crippen molar-refractivity contribution in [2.45, 2.75) is 25.9 Å². The Labute approximate surface area is 91.7 Å². The minimum Gasteiger partial charge on any atom is -0.352 e. The molecule has 1 saturated heterocycles. The minimum atomic E-state index is 0.0792. The van der Waals surface area contributed by atoms with Gasteiger partial charge in [0.25, 0.3) is 0 Å². The second-order valence-electron chi connectivity index (χ2n) is 4.12. The maximum absolute atomic E-state index is 11.5. The van der Waals surface area contributed by atoms with E-state index in [1.165, 1.54) is 0 Å². The third kappa shape index (κ3) is 3.64. The topological polar surface area (TPSA) is 44.4 Å². The fourth-order valence-corrected chi connectivity index (χ4v) is 1.89. The number of carbonyl (C=O) groups excluding carboxylic acids is 1. The molecule has 0 aromatic rings. The Kier molecular flexibility index (Phi) is 4.78. The van der Waals surface area contributed by atoms with Gasteiger partial charge in [-0.2, -0.15) is 0 Å². The monoisotopic (exact) mass is 211 g/mol. The summed E-state index contributed by atoms with van der Waals surface area (Å²) in [6.45, 7) is 10.8. The molecule has 1 aliphatic heterocycles. The van der Waals surface area contributed by atoms with E-state index in [-0.39, 0.29) is 5.91 Å². The Balaban J connectivity index is 2.40. The van der Waals surface area contributed by atoms with Crippen LogP contribution in [0, 0.1) is 0 Å². The molecule has 0 radical (unpaired) electrons. The lowest BCUT2D eigenvalue weighted by Gasteiger charge is -2.38. The highest BCUT2D eigenvalue weighted by molar-refractivity contribution is 5.78. The van der Waals surface area contributed by atoms with Crippen molar-refractivity contribution in [3.63, 3.8) is 0 Å². The molecule has 4 nitrogen and oxygen atoms in total. The second-order valence-corrected chi connectivity index (χ2v) is 4.12. The quantitative estimate of drug-likeness (QED) is 0.642. The highest BCUT2D eigenvalue weighted by Crippen LogP contribution is 2.08. The van der Waals surface area contributed by atoms with Gasteiger partial charge < -0.3 is 10.6 Å². The number of piperazine rings is 1. The van der Waals surface area contributed by atoms with E-state index in [1.807, 2.05) is 0 Å². The molecule has 1 aliphatic rings. The number of carbonyl (C=O) groups is 1. The standard InChI is InChI=1S/C11H21N3O/c1-4-5-13-11(15)8-14-9(2)6-12-7-10(14)3/h4,9-10,12H,1,5-8H2,2-3H3,(H,13,15)/t9-,10+. The Bertz CT molecular complexity index is 220. The molecule has 1 amide bonds. The van der Waals surface area contributed by atoms with Crippen LogP contribution in [0.3, 0.4) is 0 Å². The average molecular weight is 211 g/mol. The van der Waals surface area contributed by atoms with Crippen LogP contribution in [0.2, 0.25) is 0 Å². The van der Waals surface area contributed by atoms with Crippen molar-refractivity contribution in [2.24, 2.45) is 0 Å². The summed E-state index contributed by atoms with van der Waals surface area (Å²) in [5.41, 5.74) is 0. The largest absolute Gasteiger partial charge is 0.352 e. The number of hydrogen-bond acceptors (Lipinski definition) is 3. The lowest BCUT2D eigenvalue weighted by molar-refractivity contribution is -0.123. The highest BCUT2D eigenvalue weighted by Gasteiger charge is 2.25. The van der Waals surface area contributed by atoms with Gasteiger partial charge in [-0.1, -0.05) is 6.08 Å². The first-order valence-electron chi connectivity index (χ1n) is 5.49. The first-order valence-corrected chi connectivity index (χ1v) is 5.49. The van der Waals surface area contributed by atoms with Gasteiger partial charge in [0.1, 0.15) is 0 Å². The zero-order valence-electron chi connectivity index (χ0n) is 9.62. The second kappa shape index (κ2) is 5.88. The Morgan fingerprint density at radius 1 is 1.53 bits per heavy atom. The summed E-state index contributed by atoms with van der Waals surface area (Å²) >= 11 is 0. The van der Waals surface area contributed by atoms with E-state index in [4.69, 9.17) is 0 Å². The average Bonchev–Trinajstić information content (AvgIpc) is 2.21. The number of nitrogens with zero attached hydrogens (tertiary/aromatic N) is 1. The van der Waals surface area contributed by atoms with E-state index in [1.54, 1.807) is 6.08 Å². The van der Waals surface area contributed by atoms with Gasteiger partial charge in [-0.15, -0.1) is 6.58 Å². The van der Waals surface area contributed by atoms with E-state index >= 15 is 0 Å². The van der Waals surface area contributed by atoms with Gasteiger partial charge in [0.05, 0.1) is 6.54 Å². The number of hydrogen-bond donors (Lipinski definition) is 2. The maximum Gasteiger partial charge on any atom is 0.234 e. The number of rotatable bonds is 4. The summed E-state index contributed by atoms with van der Waals surface area (Å²) in [4.78, 5) is 13.8. The molecule has 1 heterocycles. The maximum atomic E-state index is 11.5. The van der Waals surface area contributed by atoms with E-state index in [0.29, 0.717) is 25.2 Å². The van der Waals surface area contributed by atoms with Crippen LogP contribution in [0.5, 0.6) is 0 Å². The summed E-state index contributed by atoms with van der Waals surface area (Å²) in [7, 11) is 0. The molecule has 4 heteroatoms. The molecule has 0 bridgehead atoms. The van der Waals surface area contributed by atoms with Crippen LogP contribution >= 0.6 is 0 Å². The first-order chi connectivity index (χ1) is 7.15. The van der Waals surface area contributed by atoms with Gasteiger partial charge in [-0.05, 0) is 13.8 Å². The Hall–Kier alpha value is -0.870. The number of amides is 1. The van der Waals surface area contributed by atoms with Crippen LogP contribution in [-0.2, 0) is 4.79 Å². The van der Waals surface area contributed by atoms with E-state index in [9.17, 15) is 4.79 Å². The van der Waals surface area contributed by atoms with Crippen molar-refractivity contribution in [3.8, 4) is 0 Å². The molecule has 86 valence electrons. The van der Waals surface area contributed by atoms with Crippen LogP contribution in [0.4, 0.5) is 0 Å². The predicted molar refractivity (Wildman–Crippen MR) is 61.7 cm³/mol. The third-order valence-electron chi connectivity index (χ3n) is 2.78. The summed E-state index contributed by atoms with van der Waals surface area (Å²) in [6, 6.07) is 0.839. The molecule has 0 aromatic heterocycles. The van der Waals surface area contributed by atoms with Crippen molar-refractivity contribution < 1.29 is 4.79 Å². The molecule has 0 spiro atoms. The highest BCUT2D eigenvalue weighted by atomic mass is 16.2. The summed E-state index contributed by atoms with van der Waals surface area (Å²) in [5, 5.41) is 6.14. The fraction of sp³-hybridized carbons (Fsp3) is 0.727. The van der Waals surface area contributed by atoms with Crippen molar-refractivity contribution in [2.75, 3.05) is 26.2 Å². The van der Waals surface area contributed by atoms with Gasteiger partial charge in [0.2, 0.25) is 5.91 Å². The summed E-state index contributed by atoms with van der Waals surface area (Å²) in [5.74, 6) is 0.0792. The minimum absolute atomic E-state index is 0.0792. The third-order valence-corrected chi connectivity index (χ3v) is 2.78. The molecule has 0 unspecified atom stereocenters. The van der Waals surface area contributed by atoms with Crippen LogP contribution < -0.4 is 10.6 Å². The molecule has 2 N–H and O–H groups in total. The number of nitrogens with one attached hydrogen (secondary N) is 2. The molecule has 2 atom stereocenters. The van der Waals surface area contributed by atoms with Gasteiger partial charge in [0, 0.05) is 31.7 Å². The van der Waals surface area contributed by atoms with Crippen molar-refractivity contribution in [3.05, 3.63) is 12.7 Å². The van der Waals surface area contributed by atoms with Crippen molar-refractivity contribution in [1.82, 2.24) is 15.5 Å². The lowest BCUT2D eigenvalue weighted by atomic mass is 10.1. The van der Waals surface area contributed by atoms with Gasteiger partial charge in [-0.3, -0.25) is 9.69 Å². The lowest BCUT2D eigenvalue weighted by Crippen LogP contribution is -2.57. The molecular formula is C11H21N3O. The van der Waals surface area contributed by atoms with E-state index in [0.717, 1.165) is 13.1 Å². The van der Waals surface area contributed by atoms with Crippen LogP contribution in [-0.4, -0.2) is 49.1 Å². The molecular weight excluding hydrogens is 190 g/mol. The van der Waals surface area contributed by atoms with Crippen molar-refractivity contribution in [1.29, 1.82) is 0 Å². The smallest absolute Gasteiger partial charge is 0.234 e. The predicted octanol–water partition coefficient (Wildman–Crippen LogP) is -0.0292. The zero-order valence-corrected chi connectivity index (χ0v) is 9.62.